The molecule has 0 spiro atoms. The fourth-order valence-electron chi connectivity index (χ4n) is 2.31. The average molecular weight is 249 g/mol. The van der Waals surface area contributed by atoms with Crippen molar-refractivity contribution < 1.29 is 0 Å². The highest BCUT2D eigenvalue weighted by atomic mass is 15.2. The van der Waals surface area contributed by atoms with Gasteiger partial charge in [-0.15, -0.1) is 0 Å². The summed E-state index contributed by atoms with van der Waals surface area (Å²) < 4.78 is 0. The molecule has 102 valence electrons. The maximum Gasteiger partial charge on any atom is 0.0635 e. The number of pyridine rings is 1. The molecule has 0 bridgehead atoms. The fourth-order valence-corrected chi connectivity index (χ4v) is 2.31. The van der Waals surface area contributed by atoms with Gasteiger partial charge in [0.15, 0.2) is 0 Å². The van der Waals surface area contributed by atoms with Crippen molar-refractivity contribution in [2.75, 3.05) is 0 Å². The Morgan fingerprint density at radius 1 is 1.22 bits per heavy atom. The van der Waals surface area contributed by atoms with Gasteiger partial charge in [0.2, 0.25) is 0 Å². The number of rotatable bonds is 9. The highest BCUT2D eigenvalue weighted by Gasteiger charge is 2.13. The largest absolute Gasteiger partial charge is 0.271 e. The smallest absolute Gasteiger partial charge is 0.0635 e. The molecule has 0 aliphatic carbocycles. The predicted octanol–water partition coefficient (Wildman–Crippen LogP) is 3.51. The van der Waals surface area contributed by atoms with Crippen LogP contribution in [-0.2, 0) is 6.42 Å². The molecule has 1 rings (SSSR count). The first-order valence-electron chi connectivity index (χ1n) is 7.23. The summed E-state index contributed by atoms with van der Waals surface area (Å²) in [6.07, 6.45) is 10.4. The van der Waals surface area contributed by atoms with E-state index in [0.717, 1.165) is 18.5 Å². The van der Waals surface area contributed by atoms with Crippen LogP contribution in [0.5, 0.6) is 0 Å². The molecule has 3 N–H and O–H groups in total. The van der Waals surface area contributed by atoms with E-state index in [2.05, 4.69) is 30.3 Å². The number of nitrogens with zero attached hydrogens (tertiary/aromatic N) is 1. The Balaban J connectivity index is 2.49. The fraction of sp³-hybridized carbons (Fsp3) is 0.667. The molecule has 1 aromatic rings. The molecule has 1 heterocycles. The molecular weight excluding hydrogens is 222 g/mol. The molecular formula is C15H27N3. The summed E-state index contributed by atoms with van der Waals surface area (Å²) in [6.45, 7) is 4.40. The van der Waals surface area contributed by atoms with Crippen LogP contribution in [0.1, 0.15) is 69.7 Å². The van der Waals surface area contributed by atoms with E-state index in [9.17, 15) is 0 Å². The van der Waals surface area contributed by atoms with Gasteiger partial charge in [0.05, 0.1) is 11.7 Å². The van der Waals surface area contributed by atoms with Gasteiger partial charge in [0.25, 0.3) is 0 Å². The third-order valence-corrected chi connectivity index (χ3v) is 3.43. The Bertz CT molecular complexity index is 325. The summed E-state index contributed by atoms with van der Waals surface area (Å²) in [4.78, 5) is 4.49. The Morgan fingerprint density at radius 3 is 2.67 bits per heavy atom. The van der Waals surface area contributed by atoms with Crippen LogP contribution < -0.4 is 11.3 Å². The minimum absolute atomic E-state index is 0.197. The second-order valence-corrected chi connectivity index (χ2v) is 4.82. The highest BCUT2D eigenvalue weighted by Crippen LogP contribution is 2.21. The first kappa shape index (κ1) is 15.1. The molecule has 0 radical (unpaired) electrons. The van der Waals surface area contributed by atoms with Gasteiger partial charge in [-0.05, 0) is 24.5 Å². The molecule has 1 atom stereocenters. The van der Waals surface area contributed by atoms with Crippen LogP contribution in [-0.4, -0.2) is 4.98 Å². The van der Waals surface area contributed by atoms with Crippen LogP contribution in [0.25, 0.3) is 0 Å². The molecule has 0 saturated carbocycles. The lowest BCUT2D eigenvalue weighted by Crippen LogP contribution is -2.29. The summed E-state index contributed by atoms with van der Waals surface area (Å²) in [5.41, 5.74) is 5.34. The lowest BCUT2D eigenvalue weighted by Gasteiger charge is -2.18. The monoisotopic (exact) mass is 249 g/mol. The molecule has 1 unspecified atom stereocenters. The predicted molar refractivity (Wildman–Crippen MR) is 77.1 cm³/mol. The third-order valence-electron chi connectivity index (χ3n) is 3.43. The number of aryl methyl sites for hydroxylation is 1. The van der Waals surface area contributed by atoms with Crippen LogP contribution in [0.2, 0.25) is 0 Å². The van der Waals surface area contributed by atoms with Gasteiger partial charge in [-0.3, -0.25) is 16.3 Å². The first-order valence-corrected chi connectivity index (χ1v) is 7.23. The van der Waals surface area contributed by atoms with Crippen LogP contribution in [0, 0.1) is 0 Å². The van der Waals surface area contributed by atoms with Gasteiger partial charge in [-0.1, -0.05) is 52.0 Å². The first-order chi connectivity index (χ1) is 8.83. The zero-order valence-electron chi connectivity index (χ0n) is 11.8. The van der Waals surface area contributed by atoms with Gasteiger partial charge in [0.1, 0.15) is 0 Å². The second-order valence-electron chi connectivity index (χ2n) is 4.82. The molecule has 0 amide bonds. The number of hydrogen-bond acceptors (Lipinski definition) is 3. The molecule has 3 heteroatoms. The topological polar surface area (TPSA) is 50.9 Å². The molecule has 0 aliphatic rings. The summed E-state index contributed by atoms with van der Waals surface area (Å²) in [5.74, 6) is 5.68. The minimum atomic E-state index is 0.197. The zero-order valence-corrected chi connectivity index (χ0v) is 11.8. The lowest BCUT2D eigenvalue weighted by molar-refractivity contribution is 0.467. The van der Waals surface area contributed by atoms with Gasteiger partial charge >= 0.3 is 0 Å². The minimum Gasteiger partial charge on any atom is -0.271 e. The van der Waals surface area contributed by atoms with Crippen LogP contribution in [0.3, 0.4) is 0 Å². The third kappa shape index (κ3) is 4.75. The van der Waals surface area contributed by atoms with Gasteiger partial charge < -0.3 is 0 Å². The molecule has 3 nitrogen and oxygen atoms in total. The SMILES string of the molecule is CCCCCCCC(NN)c1ncccc1CC. The standard InChI is InChI=1S/C15H27N3/c1-3-5-6-7-8-11-14(18-16)15-13(4-2)10-9-12-17-15/h9-10,12,14,18H,3-8,11,16H2,1-2H3. The van der Waals surface area contributed by atoms with E-state index < -0.39 is 0 Å². The van der Waals surface area contributed by atoms with Crippen molar-refractivity contribution in [3.05, 3.63) is 29.6 Å². The van der Waals surface area contributed by atoms with Crippen LogP contribution in [0.15, 0.2) is 18.3 Å². The van der Waals surface area contributed by atoms with Crippen molar-refractivity contribution in [3.8, 4) is 0 Å². The quantitative estimate of drug-likeness (QED) is 0.400. The van der Waals surface area contributed by atoms with Crippen molar-refractivity contribution in [1.29, 1.82) is 0 Å². The Labute approximate surface area is 111 Å². The van der Waals surface area contributed by atoms with E-state index in [1.165, 1.54) is 37.7 Å². The molecule has 1 aromatic heterocycles. The number of nitrogens with two attached hydrogens (primary N) is 1. The Kier molecular flexibility index (Phi) is 7.62. The number of hydrazine groups is 1. The number of nitrogens with one attached hydrogen (secondary N) is 1. The highest BCUT2D eigenvalue weighted by molar-refractivity contribution is 5.22. The van der Waals surface area contributed by atoms with Crippen molar-refractivity contribution in [3.63, 3.8) is 0 Å². The number of unbranched alkanes of at least 4 members (excludes halogenated alkanes) is 4. The van der Waals surface area contributed by atoms with Gasteiger partial charge in [0, 0.05) is 6.20 Å². The molecule has 18 heavy (non-hydrogen) atoms. The molecule has 0 aromatic carbocycles. The van der Waals surface area contributed by atoms with Gasteiger partial charge in [-0.2, -0.15) is 0 Å². The van der Waals surface area contributed by atoms with E-state index in [0.29, 0.717) is 0 Å². The van der Waals surface area contributed by atoms with Crippen LogP contribution >= 0.6 is 0 Å². The number of aromatic nitrogens is 1. The van der Waals surface area contributed by atoms with Gasteiger partial charge in [-0.25, -0.2) is 0 Å². The van der Waals surface area contributed by atoms with Crippen molar-refractivity contribution in [2.45, 2.75) is 64.8 Å². The van der Waals surface area contributed by atoms with Crippen molar-refractivity contribution >= 4 is 0 Å². The lowest BCUT2D eigenvalue weighted by atomic mass is 9.99. The normalized spacial score (nSPS) is 12.6. The number of hydrogen-bond donors (Lipinski definition) is 2. The summed E-state index contributed by atoms with van der Waals surface area (Å²) in [6, 6.07) is 4.34. The van der Waals surface area contributed by atoms with E-state index in [1.807, 2.05) is 12.3 Å². The summed E-state index contributed by atoms with van der Waals surface area (Å²) in [5, 5.41) is 0. The molecule has 0 aliphatic heterocycles. The average Bonchev–Trinajstić information content (AvgIpc) is 2.43. The zero-order chi connectivity index (χ0) is 13.2. The maximum absolute atomic E-state index is 5.68. The molecule has 0 saturated heterocycles. The van der Waals surface area contributed by atoms with E-state index in [4.69, 9.17) is 5.84 Å². The summed E-state index contributed by atoms with van der Waals surface area (Å²) in [7, 11) is 0. The van der Waals surface area contributed by atoms with E-state index >= 15 is 0 Å². The Morgan fingerprint density at radius 2 is 2.00 bits per heavy atom. The maximum atomic E-state index is 5.68. The van der Waals surface area contributed by atoms with Crippen molar-refractivity contribution in [2.24, 2.45) is 5.84 Å². The van der Waals surface area contributed by atoms with E-state index in [-0.39, 0.29) is 6.04 Å². The van der Waals surface area contributed by atoms with Crippen molar-refractivity contribution in [1.82, 2.24) is 10.4 Å². The second kappa shape index (κ2) is 9.06. The van der Waals surface area contributed by atoms with E-state index in [1.54, 1.807) is 0 Å². The van der Waals surface area contributed by atoms with Crippen LogP contribution in [0.4, 0.5) is 0 Å². The molecule has 0 fully saturated rings. The Hall–Kier alpha value is -0.930. The summed E-state index contributed by atoms with van der Waals surface area (Å²) >= 11 is 0.